The van der Waals surface area contributed by atoms with Gasteiger partial charge in [0.25, 0.3) is 5.91 Å². The summed E-state index contributed by atoms with van der Waals surface area (Å²) in [7, 11) is 4.15. The number of halogens is 3. The van der Waals surface area contributed by atoms with Gasteiger partial charge in [0.2, 0.25) is 5.82 Å². The van der Waals surface area contributed by atoms with Gasteiger partial charge in [-0.3, -0.25) is 9.59 Å². The Morgan fingerprint density at radius 1 is 1.17 bits per heavy atom. The first kappa shape index (κ1) is 21.4. The first-order valence-electron chi connectivity index (χ1n) is 9.10. The van der Waals surface area contributed by atoms with E-state index in [2.05, 4.69) is 4.98 Å². The maximum Gasteiger partial charge on any atom is 0.449 e. The van der Waals surface area contributed by atoms with Crippen molar-refractivity contribution in [3.8, 4) is 5.75 Å². The van der Waals surface area contributed by atoms with Crippen LogP contribution in [0, 0.1) is 0 Å². The number of aryl methyl sites for hydroxylation is 1. The number of fused-ring (bicyclic) bond motifs is 1. The zero-order valence-electron chi connectivity index (χ0n) is 16.6. The van der Waals surface area contributed by atoms with Crippen LogP contribution in [0.4, 0.5) is 13.2 Å². The third-order valence-electron chi connectivity index (χ3n) is 4.84. The number of carbonyl (C=O) groups excluding carboxylic acids is 2. The van der Waals surface area contributed by atoms with E-state index in [0.717, 1.165) is 4.57 Å². The van der Waals surface area contributed by atoms with Gasteiger partial charge in [0, 0.05) is 44.3 Å². The Bertz CT molecular complexity index is 1120. The van der Waals surface area contributed by atoms with Crippen LogP contribution in [-0.2, 0) is 19.6 Å². The van der Waals surface area contributed by atoms with Gasteiger partial charge in [0.05, 0.1) is 5.52 Å². The lowest BCUT2D eigenvalue weighted by molar-refractivity contribution is -0.146. The molecule has 158 valence electrons. The molecule has 1 aromatic heterocycles. The summed E-state index contributed by atoms with van der Waals surface area (Å²) in [6.45, 7) is 0. The number of Topliss-reactive ketones (excluding diaryl/α,β-unsaturated/α-hetero) is 1. The van der Waals surface area contributed by atoms with Gasteiger partial charge in [-0.05, 0) is 12.5 Å². The topological polar surface area (TPSA) is 75.4 Å². The lowest BCUT2D eigenvalue weighted by Crippen LogP contribution is -2.23. The van der Waals surface area contributed by atoms with E-state index in [0.29, 0.717) is 5.56 Å². The first-order valence-corrected chi connectivity index (χ1v) is 9.10. The molecule has 0 bridgehead atoms. The molecular formula is C21H20F3N3O3. The van der Waals surface area contributed by atoms with Crippen LogP contribution in [0.5, 0.6) is 5.75 Å². The summed E-state index contributed by atoms with van der Waals surface area (Å²) in [5.74, 6) is -2.42. The smallest absolute Gasteiger partial charge is 0.449 e. The molecule has 0 aliphatic carbocycles. The van der Waals surface area contributed by atoms with Crippen LogP contribution in [0.15, 0.2) is 36.4 Å². The summed E-state index contributed by atoms with van der Waals surface area (Å²) in [5.41, 5.74) is 0.307. The average Bonchev–Trinajstić information content (AvgIpc) is 3.04. The molecule has 0 aliphatic heterocycles. The summed E-state index contributed by atoms with van der Waals surface area (Å²) in [5, 5.41) is 10.7. The average molecular weight is 419 g/mol. The van der Waals surface area contributed by atoms with Crippen molar-refractivity contribution in [3.05, 3.63) is 58.9 Å². The Hall–Kier alpha value is -3.36. The molecule has 0 saturated carbocycles. The summed E-state index contributed by atoms with van der Waals surface area (Å²) < 4.78 is 40.6. The number of ketones is 1. The fourth-order valence-corrected chi connectivity index (χ4v) is 3.29. The van der Waals surface area contributed by atoms with Gasteiger partial charge in [-0.1, -0.05) is 30.3 Å². The molecule has 3 aromatic rings. The standard InChI is InChI=1S/C21H20F3N3O3/c1-26(2)19(30)14-11-15-17(25-20(27(15)3)21(22,23)24)18(29)13(14)9-10-16(28)12-7-5-4-6-8-12/h4-8,11,29H,9-10H2,1-3H3. The van der Waals surface area contributed by atoms with Gasteiger partial charge in [-0.2, -0.15) is 13.2 Å². The number of hydrogen-bond acceptors (Lipinski definition) is 4. The number of aromatic nitrogens is 2. The maximum absolute atomic E-state index is 13.3. The van der Waals surface area contributed by atoms with Gasteiger partial charge in [0.15, 0.2) is 5.78 Å². The number of phenolic OH excluding ortho intramolecular Hbond substituents is 1. The molecule has 0 spiro atoms. The molecule has 1 heterocycles. The predicted molar refractivity (Wildman–Crippen MR) is 104 cm³/mol. The second-order valence-corrected chi connectivity index (χ2v) is 7.10. The predicted octanol–water partition coefficient (Wildman–Crippen LogP) is 3.82. The second-order valence-electron chi connectivity index (χ2n) is 7.10. The molecule has 0 saturated heterocycles. The Balaban J connectivity index is 2.11. The lowest BCUT2D eigenvalue weighted by Gasteiger charge is -2.16. The van der Waals surface area contributed by atoms with Crippen molar-refractivity contribution in [1.82, 2.24) is 14.5 Å². The molecule has 3 rings (SSSR count). The number of amides is 1. The molecule has 2 aromatic carbocycles. The number of benzene rings is 2. The van der Waals surface area contributed by atoms with Crippen LogP contribution >= 0.6 is 0 Å². The quantitative estimate of drug-likeness (QED) is 0.638. The Labute approximate surface area is 170 Å². The number of hydrogen-bond donors (Lipinski definition) is 1. The summed E-state index contributed by atoms with van der Waals surface area (Å²) in [6.07, 6.45) is -4.78. The van der Waals surface area contributed by atoms with E-state index in [4.69, 9.17) is 0 Å². The number of phenols is 1. The SMILES string of the molecule is CN(C)C(=O)c1cc2c(nc(C(F)(F)F)n2C)c(O)c1CCC(=O)c1ccccc1. The van der Waals surface area contributed by atoms with Crippen molar-refractivity contribution >= 4 is 22.7 Å². The molecule has 6 nitrogen and oxygen atoms in total. The van der Waals surface area contributed by atoms with Crippen LogP contribution in [0.25, 0.3) is 11.0 Å². The van der Waals surface area contributed by atoms with E-state index in [1.165, 1.54) is 32.1 Å². The molecule has 0 aliphatic rings. The van der Waals surface area contributed by atoms with E-state index in [1.54, 1.807) is 30.3 Å². The Kier molecular flexibility index (Phi) is 5.56. The molecule has 1 amide bonds. The minimum Gasteiger partial charge on any atom is -0.505 e. The van der Waals surface area contributed by atoms with Crippen molar-refractivity contribution < 1.29 is 27.9 Å². The number of nitrogens with zero attached hydrogens (tertiary/aromatic N) is 3. The molecule has 0 radical (unpaired) electrons. The van der Waals surface area contributed by atoms with Crippen LogP contribution in [0.1, 0.15) is 38.5 Å². The number of rotatable bonds is 5. The normalized spacial score (nSPS) is 11.7. The highest BCUT2D eigenvalue weighted by Gasteiger charge is 2.38. The number of carbonyl (C=O) groups is 2. The van der Waals surface area contributed by atoms with Crippen molar-refractivity contribution in [2.45, 2.75) is 19.0 Å². The maximum atomic E-state index is 13.3. The summed E-state index contributed by atoms with van der Waals surface area (Å²) >= 11 is 0. The fourth-order valence-electron chi connectivity index (χ4n) is 3.29. The molecule has 0 fully saturated rings. The van der Waals surface area contributed by atoms with Crippen molar-refractivity contribution in [3.63, 3.8) is 0 Å². The molecule has 30 heavy (non-hydrogen) atoms. The van der Waals surface area contributed by atoms with Gasteiger partial charge >= 0.3 is 6.18 Å². The van der Waals surface area contributed by atoms with E-state index in [9.17, 15) is 27.9 Å². The monoisotopic (exact) mass is 419 g/mol. The highest BCUT2D eigenvalue weighted by molar-refractivity contribution is 6.02. The fraction of sp³-hybridized carbons (Fsp3) is 0.286. The first-order chi connectivity index (χ1) is 14.0. The number of alkyl halides is 3. The molecular weight excluding hydrogens is 399 g/mol. The number of imidazole rings is 1. The van der Waals surface area contributed by atoms with Crippen LogP contribution in [0.3, 0.4) is 0 Å². The zero-order valence-corrected chi connectivity index (χ0v) is 16.6. The van der Waals surface area contributed by atoms with E-state index in [-0.39, 0.29) is 40.8 Å². The number of aromatic hydroxyl groups is 1. The third kappa shape index (κ3) is 3.87. The van der Waals surface area contributed by atoms with Crippen LogP contribution in [-0.4, -0.2) is 45.3 Å². The highest BCUT2D eigenvalue weighted by Crippen LogP contribution is 2.37. The van der Waals surface area contributed by atoms with Gasteiger partial charge in [-0.15, -0.1) is 0 Å². The molecule has 9 heteroatoms. The molecule has 0 unspecified atom stereocenters. The largest absolute Gasteiger partial charge is 0.505 e. The van der Waals surface area contributed by atoms with Crippen LogP contribution < -0.4 is 0 Å². The molecule has 1 N–H and O–H groups in total. The van der Waals surface area contributed by atoms with E-state index in [1.807, 2.05) is 0 Å². The van der Waals surface area contributed by atoms with Crippen LogP contribution in [0.2, 0.25) is 0 Å². The van der Waals surface area contributed by atoms with Gasteiger partial charge < -0.3 is 14.6 Å². The Morgan fingerprint density at radius 3 is 2.37 bits per heavy atom. The summed E-state index contributed by atoms with van der Waals surface area (Å²) in [6, 6.07) is 9.76. The molecule has 0 atom stereocenters. The van der Waals surface area contributed by atoms with Gasteiger partial charge in [0.1, 0.15) is 11.3 Å². The van der Waals surface area contributed by atoms with E-state index >= 15 is 0 Å². The van der Waals surface area contributed by atoms with E-state index < -0.39 is 23.7 Å². The van der Waals surface area contributed by atoms with Crippen molar-refractivity contribution in [2.24, 2.45) is 7.05 Å². The van der Waals surface area contributed by atoms with Gasteiger partial charge in [-0.25, -0.2) is 4.98 Å². The third-order valence-corrected chi connectivity index (χ3v) is 4.84. The van der Waals surface area contributed by atoms with Crippen molar-refractivity contribution in [2.75, 3.05) is 14.1 Å². The zero-order chi connectivity index (χ0) is 22.2. The van der Waals surface area contributed by atoms with Crippen molar-refractivity contribution in [1.29, 1.82) is 0 Å². The minimum absolute atomic E-state index is 0.0249. The lowest BCUT2D eigenvalue weighted by atomic mass is 9.96. The second kappa shape index (κ2) is 7.81. The Morgan fingerprint density at radius 2 is 1.80 bits per heavy atom. The highest BCUT2D eigenvalue weighted by atomic mass is 19.4. The minimum atomic E-state index is -4.73. The summed E-state index contributed by atoms with van der Waals surface area (Å²) in [4.78, 5) is 29.9.